The zero-order valence-electron chi connectivity index (χ0n) is 8.37. The van der Waals surface area contributed by atoms with Gasteiger partial charge in [0, 0.05) is 5.69 Å². The van der Waals surface area contributed by atoms with Crippen molar-refractivity contribution in [3.63, 3.8) is 0 Å². The fraction of sp³-hybridized carbons (Fsp3) is 0.300. The Morgan fingerprint density at radius 1 is 1.41 bits per heavy atom. The minimum absolute atomic E-state index is 0.223. The summed E-state index contributed by atoms with van der Waals surface area (Å²) >= 11 is 6.87. The van der Waals surface area contributed by atoms with Gasteiger partial charge >= 0.3 is 6.18 Å². The van der Waals surface area contributed by atoms with Gasteiger partial charge in [0.15, 0.2) is 4.71 Å². The number of carbonyl (C=O) groups is 1. The number of anilines is 1. The Labute approximate surface area is 105 Å². The van der Waals surface area contributed by atoms with Gasteiger partial charge in [0.05, 0.1) is 11.4 Å². The monoisotopic (exact) mass is 281 g/mol. The molecule has 1 saturated heterocycles. The molecule has 1 atom stereocenters. The Morgan fingerprint density at radius 2 is 2.12 bits per heavy atom. The molecule has 1 fully saturated rings. The number of hydrogen-bond donors (Lipinski definition) is 0. The molecule has 1 aliphatic heterocycles. The molecule has 1 aromatic rings. The van der Waals surface area contributed by atoms with Gasteiger partial charge in [0.25, 0.3) is 5.91 Å². The van der Waals surface area contributed by atoms with Crippen LogP contribution in [0, 0.1) is 0 Å². The van der Waals surface area contributed by atoms with Crippen LogP contribution in [0.2, 0.25) is 0 Å². The largest absolute Gasteiger partial charge is 0.416 e. The highest BCUT2D eigenvalue weighted by Gasteiger charge is 2.34. The second kappa shape index (κ2) is 4.42. The van der Waals surface area contributed by atoms with E-state index in [9.17, 15) is 18.0 Å². The molecule has 1 amide bonds. The molecule has 0 saturated carbocycles. The molecule has 7 heteroatoms. The molecular weight excluding hydrogens is 275 g/mol. The van der Waals surface area contributed by atoms with Gasteiger partial charge in [-0.25, -0.2) is 0 Å². The van der Waals surface area contributed by atoms with E-state index in [1.54, 1.807) is 0 Å². The minimum atomic E-state index is -4.41. The molecule has 1 heterocycles. The summed E-state index contributed by atoms with van der Waals surface area (Å²) in [7, 11) is 0. The maximum absolute atomic E-state index is 12.5. The summed E-state index contributed by atoms with van der Waals surface area (Å²) in [5.41, 5.74) is -0.550. The summed E-state index contributed by atoms with van der Waals surface area (Å²) in [6.45, 7) is 0. The van der Waals surface area contributed by atoms with Crippen LogP contribution in [0.25, 0.3) is 0 Å². The molecule has 2 rings (SSSR count). The first-order chi connectivity index (χ1) is 7.89. The molecule has 1 aromatic carbocycles. The zero-order chi connectivity index (χ0) is 12.6. The van der Waals surface area contributed by atoms with Gasteiger partial charge < -0.3 is 4.90 Å². The van der Waals surface area contributed by atoms with Gasteiger partial charge in [-0.1, -0.05) is 6.07 Å². The second-order valence-electron chi connectivity index (χ2n) is 3.43. The number of rotatable bonds is 1. The SMILES string of the molecule is O=C1C(Cl)SCN1c1cccc(C(F)(F)F)c1. The summed E-state index contributed by atoms with van der Waals surface area (Å²) in [6, 6.07) is 4.66. The van der Waals surface area contributed by atoms with Crippen LogP contribution in [0.4, 0.5) is 18.9 Å². The first-order valence-electron chi connectivity index (χ1n) is 4.64. The second-order valence-corrected chi connectivity index (χ2v) is 5.18. The average Bonchev–Trinajstić information content (AvgIpc) is 2.59. The number of amides is 1. The third kappa shape index (κ3) is 2.52. The van der Waals surface area contributed by atoms with E-state index in [2.05, 4.69) is 0 Å². The Hall–Kier alpha value is -0.880. The van der Waals surface area contributed by atoms with E-state index in [-0.39, 0.29) is 17.5 Å². The molecule has 0 bridgehead atoms. The molecule has 1 unspecified atom stereocenters. The fourth-order valence-corrected chi connectivity index (χ4v) is 2.56. The Kier molecular flexibility index (Phi) is 3.27. The Bertz CT molecular complexity index is 451. The topological polar surface area (TPSA) is 20.3 Å². The molecular formula is C10H7ClF3NOS. The summed E-state index contributed by atoms with van der Waals surface area (Å²) in [6.07, 6.45) is -4.41. The van der Waals surface area contributed by atoms with Crippen molar-refractivity contribution in [1.82, 2.24) is 0 Å². The van der Waals surface area contributed by atoms with Crippen molar-refractivity contribution in [2.75, 3.05) is 10.8 Å². The van der Waals surface area contributed by atoms with E-state index >= 15 is 0 Å². The fourth-order valence-electron chi connectivity index (χ4n) is 1.45. The molecule has 0 spiro atoms. The van der Waals surface area contributed by atoms with Crippen molar-refractivity contribution in [1.29, 1.82) is 0 Å². The zero-order valence-corrected chi connectivity index (χ0v) is 9.94. The van der Waals surface area contributed by atoms with Crippen molar-refractivity contribution >= 4 is 35.0 Å². The first kappa shape index (κ1) is 12.6. The highest BCUT2D eigenvalue weighted by molar-refractivity contribution is 8.02. The molecule has 17 heavy (non-hydrogen) atoms. The van der Waals surface area contributed by atoms with Gasteiger partial charge in [0.2, 0.25) is 0 Å². The van der Waals surface area contributed by atoms with Crippen molar-refractivity contribution < 1.29 is 18.0 Å². The maximum atomic E-state index is 12.5. The lowest BCUT2D eigenvalue weighted by atomic mass is 10.2. The lowest BCUT2D eigenvalue weighted by molar-refractivity contribution is -0.137. The third-order valence-corrected chi connectivity index (χ3v) is 3.76. The van der Waals surface area contributed by atoms with E-state index in [0.29, 0.717) is 0 Å². The van der Waals surface area contributed by atoms with Crippen LogP contribution in [0.1, 0.15) is 5.56 Å². The van der Waals surface area contributed by atoms with Gasteiger partial charge in [-0.15, -0.1) is 23.4 Å². The molecule has 0 aromatic heterocycles. The number of halogens is 4. The quantitative estimate of drug-likeness (QED) is 0.736. The van der Waals surface area contributed by atoms with Crippen LogP contribution in [0.5, 0.6) is 0 Å². The molecule has 0 aliphatic carbocycles. The summed E-state index contributed by atoms with van der Waals surface area (Å²) < 4.78 is 36.8. The van der Waals surface area contributed by atoms with Gasteiger partial charge in [-0.2, -0.15) is 13.2 Å². The van der Waals surface area contributed by atoms with E-state index in [0.717, 1.165) is 12.1 Å². The minimum Gasteiger partial charge on any atom is -0.301 e. The van der Waals surface area contributed by atoms with Gasteiger partial charge in [0.1, 0.15) is 0 Å². The van der Waals surface area contributed by atoms with E-state index in [4.69, 9.17) is 11.6 Å². The van der Waals surface area contributed by atoms with Crippen molar-refractivity contribution in [3.05, 3.63) is 29.8 Å². The number of alkyl halides is 4. The van der Waals surface area contributed by atoms with Crippen LogP contribution in [0.3, 0.4) is 0 Å². The molecule has 2 nitrogen and oxygen atoms in total. The van der Waals surface area contributed by atoms with Gasteiger partial charge in [-0.05, 0) is 18.2 Å². The molecule has 92 valence electrons. The highest BCUT2D eigenvalue weighted by Crippen LogP contribution is 2.35. The highest BCUT2D eigenvalue weighted by atomic mass is 35.5. The smallest absolute Gasteiger partial charge is 0.301 e. The van der Waals surface area contributed by atoms with Crippen LogP contribution in [-0.4, -0.2) is 16.5 Å². The predicted octanol–water partition coefficient (Wildman–Crippen LogP) is 3.31. The standard InChI is InChI=1S/C10H7ClF3NOS/c11-8-9(16)15(5-17-8)7-3-1-2-6(4-7)10(12,13)14/h1-4,8H,5H2. The summed E-state index contributed by atoms with van der Waals surface area (Å²) in [5.74, 6) is -0.107. The Morgan fingerprint density at radius 3 is 2.65 bits per heavy atom. The number of thioether (sulfide) groups is 1. The number of hydrogen-bond acceptors (Lipinski definition) is 2. The third-order valence-electron chi connectivity index (χ3n) is 2.30. The molecule has 1 aliphatic rings. The van der Waals surface area contributed by atoms with Crippen LogP contribution >= 0.6 is 23.4 Å². The number of carbonyl (C=O) groups excluding carboxylic acids is 1. The maximum Gasteiger partial charge on any atom is 0.416 e. The molecule has 0 radical (unpaired) electrons. The lowest BCUT2D eigenvalue weighted by Crippen LogP contribution is -2.27. The normalized spacial score (nSPS) is 21.1. The van der Waals surface area contributed by atoms with E-state index in [1.165, 1.54) is 28.8 Å². The van der Waals surface area contributed by atoms with Crippen molar-refractivity contribution in [2.45, 2.75) is 10.9 Å². The number of benzene rings is 1. The predicted molar refractivity (Wildman–Crippen MR) is 61.0 cm³/mol. The van der Waals surface area contributed by atoms with Crippen molar-refractivity contribution in [2.24, 2.45) is 0 Å². The van der Waals surface area contributed by atoms with Crippen LogP contribution in [-0.2, 0) is 11.0 Å². The number of nitrogens with zero attached hydrogens (tertiary/aromatic N) is 1. The van der Waals surface area contributed by atoms with Crippen LogP contribution < -0.4 is 4.90 Å². The summed E-state index contributed by atoms with van der Waals surface area (Å²) in [4.78, 5) is 12.8. The summed E-state index contributed by atoms with van der Waals surface area (Å²) in [5, 5.41) is 0. The average molecular weight is 282 g/mol. The Balaban J connectivity index is 2.31. The first-order valence-corrected chi connectivity index (χ1v) is 6.12. The van der Waals surface area contributed by atoms with E-state index < -0.39 is 16.4 Å². The molecule has 0 N–H and O–H groups in total. The van der Waals surface area contributed by atoms with Gasteiger partial charge in [-0.3, -0.25) is 4.79 Å². The van der Waals surface area contributed by atoms with Crippen molar-refractivity contribution in [3.8, 4) is 0 Å². The van der Waals surface area contributed by atoms with E-state index in [1.807, 2.05) is 0 Å². The lowest BCUT2D eigenvalue weighted by Gasteiger charge is -2.16. The van der Waals surface area contributed by atoms with Crippen LogP contribution in [0.15, 0.2) is 24.3 Å².